The third kappa shape index (κ3) is 4.94. The van der Waals surface area contributed by atoms with E-state index in [1.807, 2.05) is 0 Å². The van der Waals surface area contributed by atoms with Crippen molar-refractivity contribution in [1.82, 2.24) is 15.5 Å². The lowest BCUT2D eigenvalue weighted by Crippen LogP contribution is -2.51. The molecular formula is C14H29N3O. The molecule has 0 aromatic rings. The van der Waals surface area contributed by atoms with Crippen molar-refractivity contribution in [2.75, 3.05) is 26.7 Å². The molecule has 1 amide bonds. The quantitative estimate of drug-likeness (QED) is 0.722. The summed E-state index contributed by atoms with van der Waals surface area (Å²) < 4.78 is 0. The van der Waals surface area contributed by atoms with Gasteiger partial charge in [-0.25, -0.2) is 0 Å². The van der Waals surface area contributed by atoms with Crippen molar-refractivity contribution in [3.8, 4) is 0 Å². The van der Waals surface area contributed by atoms with Crippen molar-refractivity contribution >= 4 is 5.91 Å². The standard InChI is InChI=1S/C14H29N3O/c1-4-9-16-12(2)13-7-5-6-10-17(13)11-8-14(18)15-3/h12-13,16H,4-11H2,1-3H3,(H,15,18). The summed E-state index contributed by atoms with van der Waals surface area (Å²) in [5.41, 5.74) is 0. The fraction of sp³-hybridized carbons (Fsp3) is 0.929. The Hall–Kier alpha value is -0.610. The summed E-state index contributed by atoms with van der Waals surface area (Å²) >= 11 is 0. The van der Waals surface area contributed by atoms with Gasteiger partial charge in [0, 0.05) is 32.1 Å². The molecule has 2 unspecified atom stereocenters. The van der Waals surface area contributed by atoms with Crippen molar-refractivity contribution in [2.24, 2.45) is 0 Å². The molecule has 1 heterocycles. The van der Waals surface area contributed by atoms with E-state index in [9.17, 15) is 4.79 Å². The maximum Gasteiger partial charge on any atom is 0.221 e. The van der Waals surface area contributed by atoms with Crippen LogP contribution in [0.25, 0.3) is 0 Å². The maximum absolute atomic E-state index is 11.3. The molecule has 0 aromatic heterocycles. The lowest BCUT2D eigenvalue weighted by Gasteiger charge is -2.39. The Morgan fingerprint density at radius 3 is 2.89 bits per heavy atom. The Kier molecular flexibility index (Phi) is 7.28. The minimum atomic E-state index is 0.147. The summed E-state index contributed by atoms with van der Waals surface area (Å²) in [4.78, 5) is 13.8. The molecular weight excluding hydrogens is 226 g/mol. The number of nitrogens with zero attached hydrogens (tertiary/aromatic N) is 1. The second-order valence-corrected chi connectivity index (χ2v) is 5.27. The van der Waals surface area contributed by atoms with Gasteiger partial charge in [0.15, 0.2) is 0 Å². The van der Waals surface area contributed by atoms with Crippen molar-refractivity contribution in [2.45, 2.75) is 58.0 Å². The van der Waals surface area contributed by atoms with Crippen molar-refractivity contribution in [3.05, 3.63) is 0 Å². The van der Waals surface area contributed by atoms with Gasteiger partial charge in [-0.15, -0.1) is 0 Å². The van der Waals surface area contributed by atoms with E-state index in [2.05, 4.69) is 29.4 Å². The zero-order chi connectivity index (χ0) is 13.4. The first-order valence-corrected chi connectivity index (χ1v) is 7.37. The van der Waals surface area contributed by atoms with E-state index in [0.717, 1.165) is 19.6 Å². The minimum absolute atomic E-state index is 0.147. The van der Waals surface area contributed by atoms with Crippen LogP contribution in [0.2, 0.25) is 0 Å². The number of carbonyl (C=O) groups is 1. The van der Waals surface area contributed by atoms with Gasteiger partial charge in [-0.05, 0) is 39.3 Å². The first-order chi connectivity index (χ1) is 8.69. The van der Waals surface area contributed by atoms with Crippen LogP contribution >= 0.6 is 0 Å². The molecule has 0 aliphatic carbocycles. The topological polar surface area (TPSA) is 44.4 Å². The third-order valence-electron chi connectivity index (χ3n) is 3.86. The molecule has 1 rings (SSSR count). The predicted octanol–water partition coefficient (Wildman–Crippen LogP) is 1.37. The highest BCUT2D eigenvalue weighted by Crippen LogP contribution is 2.20. The molecule has 0 bridgehead atoms. The molecule has 18 heavy (non-hydrogen) atoms. The van der Waals surface area contributed by atoms with Crippen molar-refractivity contribution in [3.63, 3.8) is 0 Å². The smallest absolute Gasteiger partial charge is 0.221 e. The van der Waals surface area contributed by atoms with Crippen LogP contribution in [0.1, 0.15) is 46.0 Å². The van der Waals surface area contributed by atoms with Crippen LogP contribution in [0.4, 0.5) is 0 Å². The summed E-state index contributed by atoms with van der Waals surface area (Å²) in [5, 5.41) is 6.29. The highest BCUT2D eigenvalue weighted by atomic mass is 16.1. The van der Waals surface area contributed by atoms with Crippen molar-refractivity contribution in [1.29, 1.82) is 0 Å². The molecule has 0 saturated carbocycles. The fourth-order valence-electron chi connectivity index (χ4n) is 2.74. The Bertz CT molecular complexity index is 245. The van der Waals surface area contributed by atoms with Crippen molar-refractivity contribution < 1.29 is 4.79 Å². The van der Waals surface area contributed by atoms with E-state index in [-0.39, 0.29) is 5.91 Å². The Labute approximate surface area is 111 Å². The fourth-order valence-corrected chi connectivity index (χ4v) is 2.74. The molecule has 1 aliphatic heterocycles. The van der Waals surface area contributed by atoms with E-state index in [1.54, 1.807) is 7.05 Å². The number of amides is 1. The van der Waals surface area contributed by atoms with E-state index in [1.165, 1.54) is 25.7 Å². The molecule has 1 fully saturated rings. The van der Waals surface area contributed by atoms with E-state index in [4.69, 9.17) is 0 Å². The molecule has 2 atom stereocenters. The molecule has 2 N–H and O–H groups in total. The third-order valence-corrected chi connectivity index (χ3v) is 3.86. The van der Waals surface area contributed by atoms with Crippen LogP contribution in [-0.2, 0) is 4.79 Å². The number of carbonyl (C=O) groups excluding carboxylic acids is 1. The molecule has 0 radical (unpaired) electrons. The average molecular weight is 255 g/mol. The summed E-state index contributed by atoms with van der Waals surface area (Å²) in [6, 6.07) is 1.12. The first-order valence-electron chi connectivity index (χ1n) is 7.37. The van der Waals surface area contributed by atoms with Crippen LogP contribution in [0.5, 0.6) is 0 Å². The number of hydrogen-bond donors (Lipinski definition) is 2. The van der Waals surface area contributed by atoms with Gasteiger partial charge in [0.25, 0.3) is 0 Å². The van der Waals surface area contributed by atoms with Gasteiger partial charge in [0.1, 0.15) is 0 Å². The molecule has 4 nitrogen and oxygen atoms in total. The number of piperidine rings is 1. The Balaban J connectivity index is 2.43. The summed E-state index contributed by atoms with van der Waals surface area (Å²) in [5.74, 6) is 0.147. The molecule has 1 saturated heterocycles. The predicted molar refractivity (Wildman–Crippen MR) is 75.7 cm³/mol. The van der Waals surface area contributed by atoms with Crippen LogP contribution < -0.4 is 10.6 Å². The maximum atomic E-state index is 11.3. The van der Waals surface area contributed by atoms with Gasteiger partial charge in [-0.3, -0.25) is 9.69 Å². The Morgan fingerprint density at radius 1 is 1.44 bits per heavy atom. The van der Waals surface area contributed by atoms with Crippen LogP contribution in [0.3, 0.4) is 0 Å². The van der Waals surface area contributed by atoms with Crippen LogP contribution in [-0.4, -0.2) is 49.6 Å². The lowest BCUT2D eigenvalue weighted by atomic mass is 9.96. The highest BCUT2D eigenvalue weighted by molar-refractivity contribution is 5.75. The summed E-state index contributed by atoms with van der Waals surface area (Å²) in [7, 11) is 1.71. The van der Waals surface area contributed by atoms with Gasteiger partial charge in [-0.2, -0.15) is 0 Å². The Morgan fingerprint density at radius 2 is 2.22 bits per heavy atom. The normalized spacial score (nSPS) is 22.7. The van der Waals surface area contributed by atoms with Gasteiger partial charge in [-0.1, -0.05) is 13.3 Å². The SMILES string of the molecule is CCCNC(C)C1CCCCN1CCC(=O)NC. The molecule has 106 valence electrons. The average Bonchev–Trinajstić information content (AvgIpc) is 2.42. The second-order valence-electron chi connectivity index (χ2n) is 5.27. The highest BCUT2D eigenvalue weighted by Gasteiger charge is 2.26. The number of hydrogen-bond acceptors (Lipinski definition) is 3. The van der Waals surface area contributed by atoms with Gasteiger partial charge < -0.3 is 10.6 Å². The van der Waals surface area contributed by atoms with Gasteiger partial charge in [0.05, 0.1) is 0 Å². The number of nitrogens with one attached hydrogen (secondary N) is 2. The van der Waals surface area contributed by atoms with E-state index in [0.29, 0.717) is 18.5 Å². The molecule has 1 aliphatic rings. The number of rotatable bonds is 7. The minimum Gasteiger partial charge on any atom is -0.359 e. The summed E-state index contributed by atoms with van der Waals surface area (Å²) in [6.45, 7) is 7.59. The van der Waals surface area contributed by atoms with Gasteiger partial charge in [0.2, 0.25) is 5.91 Å². The van der Waals surface area contributed by atoms with Crippen LogP contribution in [0, 0.1) is 0 Å². The molecule has 0 spiro atoms. The van der Waals surface area contributed by atoms with E-state index < -0.39 is 0 Å². The molecule has 4 heteroatoms. The largest absolute Gasteiger partial charge is 0.359 e. The number of likely N-dealkylation sites (tertiary alicyclic amines) is 1. The zero-order valence-electron chi connectivity index (χ0n) is 12.2. The van der Waals surface area contributed by atoms with E-state index >= 15 is 0 Å². The van der Waals surface area contributed by atoms with Crippen LogP contribution in [0.15, 0.2) is 0 Å². The molecule has 0 aromatic carbocycles. The first kappa shape index (κ1) is 15.4. The zero-order valence-corrected chi connectivity index (χ0v) is 12.2. The monoisotopic (exact) mass is 255 g/mol. The summed E-state index contributed by atoms with van der Waals surface area (Å²) in [6.07, 6.45) is 5.64. The van der Waals surface area contributed by atoms with Gasteiger partial charge >= 0.3 is 0 Å². The lowest BCUT2D eigenvalue weighted by molar-refractivity contribution is -0.121. The second kappa shape index (κ2) is 8.48.